The van der Waals surface area contributed by atoms with Crippen LogP contribution in [-0.4, -0.2) is 11.8 Å². The normalized spacial score (nSPS) is 10.6. The van der Waals surface area contributed by atoms with E-state index < -0.39 is 0 Å². The molecule has 4 rings (SSSR count). The lowest BCUT2D eigenvalue weighted by Crippen LogP contribution is -2.15. The van der Waals surface area contributed by atoms with Crippen LogP contribution in [0.1, 0.15) is 20.7 Å². The molecular weight excluding hydrogens is 603 g/mol. The molecular formula is C26H16Br2Cl2N2O2. The lowest BCUT2D eigenvalue weighted by molar-refractivity contribution is 0.101. The molecule has 0 bridgehead atoms. The van der Waals surface area contributed by atoms with Crippen molar-refractivity contribution in [1.82, 2.24) is 0 Å². The standard InChI is InChI=1S/C26H16Br2Cl2N2O2/c27-15-7-11-17(12-8-15)32-26(34)23-19(3-2-6-22(23)30)20-4-1-5-21(24(20)28)25(33)31-18-13-9-16(29)10-14-18/h1-14H,(H,31,33)(H,32,34). The second-order valence-electron chi connectivity index (χ2n) is 7.25. The Morgan fingerprint density at radius 2 is 1.21 bits per heavy atom. The molecule has 0 aromatic heterocycles. The Labute approximate surface area is 223 Å². The van der Waals surface area contributed by atoms with E-state index in [0.29, 0.717) is 48.1 Å². The fourth-order valence-electron chi connectivity index (χ4n) is 3.35. The molecule has 2 amide bonds. The van der Waals surface area contributed by atoms with Crippen LogP contribution in [0.15, 0.2) is 93.9 Å². The van der Waals surface area contributed by atoms with Crippen molar-refractivity contribution in [1.29, 1.82) is 0 Å². The summed E-state index contributed by atoms with van der Waals surface area (Å²) in [7, 11) is 0. The lowest BCUT2D eigenvalue weighted by atomic mass is 9.97. The van der Waals surface area contributed by atoms with Gasteiger partial charge in [0.25, 0.3) is 11.8 Å². The van der Waals surface area contributed by atoms with Gasteiger partial charge >= 0.3 is 0 Å². The predicted molar refractivity (Wildman–Crippen MR) is 146 cm³/mol. The van der Waals surface area contributed by atoms with Crippen molar-refractivity contribution in [3.8, 4) is 11.1 Å². The smallest absolute Gasteiger partial charge is 0.257 e. The molecule has 0 fully saturated rings. The van der Waals surface area contributed by atoms with Crippen molar-refractivity contribution in [2.45, 2.75) is 0 Å². The summed E-state index contributed by atoms with van der Waals surface area (Å²) in [5.41, 5.74) is 3.22. The highest BCUT2D eigenvalue weighted by atomic mass is 79.9. The maximum absolute atomic E-state index is 13.2. The SMILES string of the molecule is O=C(Nc1ccc(Cl)cc1)c1cccc(-c2cccc(Cl)c2C(=O)Nc2ccc(Br)cc2)c1Br. The van der Waals surface area contributed by atoms with Crippen LogP contribution in [0.2, 0.25) is 10.0 Å². The average Bonchev–Trinajstić information content (AvgIpc) is 2.82. The number of carbonyl (C=O) groups is 2. The van der Waals surface area contributed by atoms with Gasteiger partial charge in [-0.15, -0.1) is 0 Å². The van der Waals surface area contributed by atoms with Crippen molar-refractivity contribution in [2.24, 2.45) is 0 Å². The quantitative estimate of drug-likeness (QED) is 0.235. The molecule has 0 saturated carbocycles. The Morgan fingerprint density at radius 3 is 1.88 bits per heavy atom. The van der Waals surface area contributed by atoms with E-state index in [4.69, 9.17) is 23.2 Å². The van der Waals surface area contributed by atoms with Crippen LogP contribution in [0, 0.1) is 0 Å². The van der Waals surface area contributed by atoms with Gasteiger partial charge in [-0.2, -0.15) is 0 Å². The fraction of sp³-hybridized carbons (Fsp3) is 0. The van der Waals surface area contributed by atoms with Crippen LogP contribution >= 0.6 is 55.1 Å². The molecule has 4 nitrogen and oxygen atoms in total. The van der Waals surface area contributed by atoms with E-state index in [-0.39, 0.29) is 11.8 Å². The van der Waals surface area contributed by atoms with Crippen molar-refractivity contribution in [3.05, 3.63) is 115 Å². The van der Waals surface area contributed by atoms with Gasteiger partial charge in [0, 0.05) is 25.3 Å². The molecule has 4 aromatic rings. The zero-order valence-corrected chi connectivity index (χ0v) is 22.1. The van der Waals surface area contributed by atoms with Gasteiger partial charge < -0.3 is 10.6 Å². The number of halogens is 4. The second kappa shape index (κ2) is 10.7. The summed E-state index contributed by atoms with van der Waals surface area (Å²) >= 11 is 19.3. The highest BCUT2D eigenvalue weighted by Gasteiger charge is 2.21. The van der Waals surface area contributed by atoms with Gasteiger partial charge in [-0.3, -0.25) is 9.59 Å². The van der Waals surface area contributed by atoms with Crippen LogP contribution < -0.4 is 10.6 Å². The molecule has 8 heteroatoms. The molecule has 34 heavy (non-hydrogen) atoms. The third-order valence-corrected chi connectivity index (χ3v) is 6.93. The van der Waals surface area contributed by atoms with Crippen molar-refractivity contribution >= 4 is 78.3 Å². The van der Waals surface area contributed by atoms with Crippen LogP contribution in [0.5, 0.6) is 0 Å². The van der Waals surface area contributed by atoms with Crippen LogP contribution in [0.25, 0.3) is 11.1 Å². The van der Waals surface area contributed by atoms with Crippen molar-refractivity contribution in [3.63, 3.8) is 0 Å². The number of anilines is 2. The van der Waals surface area contributed by atoms with Crippen molar-refractivity contribution < 1.29 is 9.59 Å². The molecule has 0 radical (unpaired) electrons. The number of rotatable bonds is 5. The molecule has 0 spiro atoms. The van der Waals surface area contributed by atoms with Gasteiger partial charge in [0.2, 0.25) is 0 Å². The number of nitrogens with one attached hydrogen (secondary N) is 2. The van der Waals surface area contributed by atoms with E-state index in [1.54, 1.807) is 66.7 Å². The van der Waals surface area contributed by atoms with Crippen LogP contribution in [0.3, 0.4) is 0 Å². The summed E-state index contributed by atoms with van der Waals surface area (Å²) in [6, 6.07) is 24.6. The predicted octanol–water partition coefficient (Wildman–Crippen LogP) is 8.69. The van der Waals surface area contributed by atoms with Gasteiger partial charge in [-0.1, -0.05) is 63.4 Å². The van der Waals surface area contributed by atoms with Gasteiger partial charge in [0.15, 0.2) is 0 Å². The minimum Gasteiger partial charge on any atom is -0.322 e. The van der Waals surface area contributed by atoms with E-state index in [9.17, 15) is 9.59 Å². The van der Waals surface area contributed by atoms with Gasteiger partial charge in [-0.25, -0.2) is 0 Å². The van der Waals surface area contributed by atoms with E-state index in [1.165, 1.54) is 0 Å². The minimum absolute atomic E-state index is 0.301. The first-order chi connectivity index (χ1) is 16.3. The number of hydrogen-bond acceptors (Lipinski definition) is 2. The first-order valence-electron chi connectivity index (χ1n) is 10.0. The summed E-state index contributed by atoms with van der Waals surface area (Å²) in [5.74, 6) is -0.662. The Kier molecular flexibility index (Phi) is 7.73. The highest BCUT2D eigenvalue weighted by Crippen LogP contribution is 2.36. The van der Waals surface area contributed by atoms with Gasteiger partial charge in [0.05, 0.1) is 16.1 Å². The third kappa shape index (κ3) is 5.53. The Morgan fingerprint density at radius 1 is 0.647 bits per heavy atom. The Bertz CT molecular complexity index is 1370. The summed E-state index contributed by atoms with van der Waals surface area (Å²) in [4.78, 5) is 26.2. The Hall–Kier alpha value is -2.64. The molecule has 0 heterocycles. The Balaban J connectivity index is 1.69. The van der Waals surface area contributed by atoms with E-state index in [0.717, 1.165) is 4.47 Å². The molecule has 0 saturated heterocycles. The minimum atomic E-state index is -0.356. The fourth-order valence-corrected chi connectivity index (χ4v) is 4.66. The lowest BCUT2D eigenvalue weighted by Gasteiger charge is -2.15. The first kappa shape index (κ1) is 24.5. The number of amides is 2. The van der Waals surface area contributed by atoms with Crippen LogP contribution in [-0.2, 0) is 0 Å². The summed E-state index contributed by atoms with van der Waals surface area (Å²) in [6.45, 7) is 0. The van der Waals surface area contributed by atoms with Crippen molar-refractivity contribution in [2.75, 3.05) is 10.6 Å². The largest absolute Gasteiger partial charge is 0.322 e. The summed E-state index contributed by atoms with van der Waals surface area (Å²) < 4.78 is 1.45. The van der Waals surface area contributed by atoms with E-state index in [1.807, 2.05) is 18.2 Å². The number of hydrogen-bond donors (Lipinski definition) is 2. The van der Waals surface area contributed by atoms with E-state index in [2.05, 4.69) is 42.5 Å². The number of benzene rings is 4. The molecule has 0 atom stereocenters. The molecule has 4 aromatic carbocycles. The maximum atomic E-state index is 13.2. The topological polar surface area (TPSA) is 58.2 Å². The number of carbonyl (C=O) groups excluding carboxylic acids is 2. The monoisotopic (exact) mass is 616 g/mol. The molecule has 0 aliphatic carbocycles. The zero-order chi connectivity index (χ0) is 24.2. The van der Waals surface area contributed by atoms with E-state index >= 15 is 0 Å². The average molecular weight is 619 g/mol. The molecule has 170 valence electrons. The summed E-state index contributed by atoms with van der Waals surface area (Å²) in [5, 5.41) is 6.62. The summed E-state index contributed by atoms with van der Waals surface area (Å²) in [6.07, 6.45) is 0. The maximum Gasteiger partial charge on any atom is 0.257 e. The first-order valence-corrected chi connectivity index (χ1v) is 12.4. The second-order valence-corrected chi connectivity index (χ2v) is 9.80. The molecule has 0 aliphatic heterocycles. The van der Waals surface area contributed by atoms with Crippen LogP contribution in [0.4, 0.5) is 11.4 Å². The van der Waals surface area contributed by atoms with Gasteiger partial charge in [0.1, 0.15) is 0 Å². The highest BCUT2D eigenvalue weighted by molar-refractivity contribution is 9.11. The third-order valence-electron chi connectivity index (χ3n) is 4.98. The molecule has 0 unspecified atom stereocenters. The zero-order valence-electron chi connectivity index (χ0n) is 17.4. The molecule has 0 aliphatic rings. The van der Waals surface area contributed by atoms with Gasteiger partial charge in [-0.05, 0) is 87.7 Å². The molecule has 2 N–H and O–H groups in total.